The van der Waals surface area contributed by atoms with Crippen molar-refractivity contribution in [1.82, 2.24) is 15.1 Å². The number of nitrogens with one attached hydrogen (secondary N) is 1. The van der Waals surface area contributed by atoms with Gasteiger partial charge < -0.3 is 9.80 Å². The van der Waals surface area contributed by atoms with Crippen molar-refractivity contribution in [2.24, 2.45) is 0 Å². The van der Waals surface area contributed by atoms with Gasteiger partial charge in [-0.15, -0.1) is 0 Å². The zero-order chi connectivity index (χ0) is 17.3. The third-order valence-corrected chi connectivity index (χ3v) is 4.95. The van der Waals surface area contributed by atoms with Gasteiger partial charge in [0, 0.05) is 43.1 Å². The molecule has 5 heteroatoms. The van der Waals surface area contributed by atoms with Gasteiger partial charge in [0.15, 0.2) is 0 Å². The molecule has 2 heterocycles. The lowest BCUT2D eigenvalue weighted by molar-refractivity contribution is -0.130. The van der Waals surface area contributed by atoms with Crippen LogP contribution in [0.2, 0.25) is 0 Å². The number of aromatic amines is 1. The van der Waals surface area contributed by atoms with Crippen LogP contribution in [0.5, 0.6) is 0 Å². The van der Waals surface area contributed by atoms with E-state index in [1.54, 1.807) is 0 Å². The Bertz CT molecular complexity index is 722. The maximum absolute atomic E-state index is 12.6. The predicted molar refractivity (Wildman–Crippen MR) is 96.5 cm³/mol. The Morgan fingerprint density at radius 2 is 1.83 bits per heavy atom. The summed E-state index contributed by atoms with van der Waals surface area (Å²) in [6.45, 7) is 11.5. The van der Waals surface area contributed by atoms with E-state index < -0.39 is 0 Å². The van der Waals surface area contributed by atoms with Crippen molar-refractivity contribution in [3.05, 3.63) is 46.3 Å². The van der Waals surface area contributed by atoms with Crippen molar-refractivity contribution in [2.45, 2.75) is 34.1 Å². The molecule has 24 heavy (non-hydrogen) atoms. The Morgan fingerprint density at radius 3 is 2.46 bits per heavy atom. The quantitative estimate of drug-likeness (QED) is 0.943. The summed E-state index contributed by atoms with van der Waals surface area (Å²) >= 11 is 0. The fourth-order valence-electron chi connectivity index (χ4n) is 3.35. The SMILES string of the molecule is Cc1ccc(C)c(N2CCN(C(=O)Cc3c(C)n[nH]c3C)CC2)c1. The first kappa shape index (κ1) is 16.6. The molecule has 0 unspecified atom stereocenters. The lowest BCUT2D eigenvalue weighted by Crippen LogP contribution is -2.49. The number of rotatable bonds is 3. The maximum Gasteiger partial charge on any atom is 0.227 e. The van der Waals surface area contributed by atoms with Gasteiger partial charge in [-0.3, -0.25) is 9.89 Å². The number of H-pyrrole nitrogens is 1. The van der Waals surface area contributed by atoms with Crippen LogP contribution < -0.4 is 4.90 Å². The van der Waals surface area contributed by atoms with E-state index >= 15 is 0 Å². The summed E-state index contributed by atoms with van der Waals surface area (Å²) in [6, 6.07) is 6.56. The van der Waals surface area contributed by atoms with Crippen molar-refractivity contribution in [3.8, 4) is 0 Å². The molecule has 3 rings (SSSR count). The average molecular weight is 326 g/mol. The smallest absolute Gasteiger partial charge is 0.227 e. The first-order chi connectivity index (χ1) is 11.5. The first-order valence-corrected chi connectivity index (χ1v) is 8.56. The van der Waals surface area contributed by atoms with Gasteiger partial charge in [0.2, 0.25) is 5.91 Å². The summed E-state index contributed by atoms with van der Waals surface area (Å²) in [5.41, 5.74) is 6.83. The standard InChI is InChI=1S/C19H26N4O/c1-13-5-6-14(2)18(11-13)22-7-9-23(10-8-22)19(24)12-17-15(3)20-21-16(17)4/h5-6,11H,7-10,12H2,1-4H3,(H,20,21). The number of hydrogen-bond donors (Lipinski definition) is 1. The van der Waals surface area contributed by atoms with Crippen LogP contribution in [-0.2, 0) is 11.2 Å². The van der Waals surface area contributed by atoms with E-state index in [4.69, 9.17) is 0 Å². The van der Waals surface area contributed by atoms with E-state index in [0.29, 0.717) is 6.42 Å². The highest BCUT2D eigenvalue weighted by molar-refractivity contribution is 5.79. The van der Waals surface area contributed by atoms with Crippen LogP contribution in [0.15, 0.2) is 18.2 Å². The van der Waals surface area contributed by atoms with Crippen LogP contribution >= 0.6 is 0 Å². The van der Waals surface area contributed by atoms with Crippen molar-refractivity contribution in [1.29, 1.82) is 0 Å². The van der Waals surface area contributed by atoms with Gasteiger partial charge in [-0.1, -0.05) is 12.1 Å². The van der Waals surface area contributed by atoms with Crippen molar-refractivity contribution in [3.63, 3.8) is 0 Å². The Hall–Kier alpha value is -2.30. The van der Waals surface area contributed by atoms with Gasteiger partial charge in [0.05, 0.1) is 12.1 Å². The molecule has 1 saturated heterocycles. The predicted octanol–water partition coefficient (Wildman–Crippen LogP) is 2.53. The van der Waals surface area contributed by atoms with E-state index in [-0.39, 0.29) is 5.91 Å². The molecule has 0 aliphatic carbocycles. The maximum atomic E-state index is 12.6. The Balaban J connectivity index is 1.62. The molecule has 0 saturated carbocycles. The second kappa shape index (κ2) is 6.67. The summed E-state index contributed by atoms with van der Waals surface area (Å²) in [5.74, 6) is 0.197. The van der Waals surface area contributed by atoms with Gasteiger partial charge in [-0.05, 0) is 44.9 Å². The number of carbonyl (C=O) groups is 1. The molecule has 2 aromatic rings. The largest absolute Gasteiger partial charge is 0.368 e. The molecule has 1 aliphatic heterocycles. The zero-order valence-electron chi connectivity index (χ0n) is 15.0. The molecular weight excluding hydrogens is 300 g/mol. The molecule has 5 nitrogen and oxygen atoms in total. The topological polar surface area (TPSA) is 52.2 Å². The first-order valence-electron chi connectivity index (χ1n) is 8.56. The third-order valence-electron chi connectivity index (χ3n) is 4.95. The van der Waals surface area contributed by atoms with E-state index in [1.165, 1.54) is 16.8 Å². The Morgan fingerprint density at radius 1 is 1.12 bits per heavy atom. The highest BCUT2D eigenvalue weighted by Gasteiger charge is 2.23. The normalized spacial score (nSPS) is 15.0. The van der Waals surface area contributed by atoms with Crippen molar-refractivity contribution >= 4 is 11.6 Å². The minimum atomic E-state index is 0.197. The van der Waals surface area contributed by atoms with E-state index in [0.717, 1.165) is 43.1 Å². The minimum absolute atomic E-state index is 0.197. The van der Waals surface area contributed by atoms with Crippen LogP contribution in [0.25, 0.3) is 0 Å². The number of carbonyl (C=O) groups excluding carboxylic acids is 1. The van der Waals surface area contributed by atoms with Crippen LogP contribution in [0, 0.1) is 27.7 Å². The van der Waals surface area contributed by atoms with Crippen molar-refractivity contribution < 1.29 is 4.79 Å². The Kier molecular flexibility index (Phi) is 4.60. The third kappa shape index (κ3) is 3.30. The molecular formula is C19H26N4O. The van der Waals surface area contributed by atoms with Crippen LogP contribution in [0.3, 0.4) is 0 Å². The minimum Gasteiger partial charge on any atom is -0.368 e. The number of anilines is 1. The van der Waals surface area contributed by atoms with Gasteiger partial charge in [0.1, 0.15) is 0 Å². The molecule has 0 spiro atoms. The average Bonchev–Trinajstić information content (AvgIpc) is 2.89. The highest BCUT2D eigenvalue weighted by atomic mass is 16.2. The molecule has 1 aromatic heterocycles. The van der Waals surface area contributed by atoms with Crippen LogP contribution in [0.1, 0.15) is 28.1 Å². The van der Waals surface area contributed by atoms with Crippen LogP contribution in [-0.4, -0.2) is 47.2 Å². The fraction of sp³-hybridized carbons (Fsp3) is 0.474. The van der Waals surface area contributed by atoms with E-state index in [1.807, 2.05) is 18.7 Å². The zero-order valence-corrected chi connectivity index (χ0v) is 15.0. The number of piperazine rings is 1. The van der Waals surface area contributed by atoms with E-state index in [9.17, 15) is 4.79 Å². The van der Waals surface area contributed by atoms with Crippen LogP contribution in [0.4, 0.5) is 5.69 Å². The number of aromatic nitrogens is 2. The van der Waals surface area contributed by atoms with Gasteiger partial charge in [0.25, 0.3) is 0 Å². The van der Waals surface area contributed by atoms with Gasteiger partial charge in [-0.2, -0.15) is 5.10 Å². The van der Waals surface area contributed by atoms with Gasteiger partial charge in [-0.25, -0.2) is 0 Å². The molecule has 0 radical (unpaired) electrons. The molecule has 1 amide bonds. The second-order valence-corrected chi connectivity index (χ2v) is 6.75. The molecule has 1 aliphatic rings. The fourth-order valence-corrected chi connectivity index (χ4v) is 3.35. The number of amides is 1. The Labute approximate surface area is 143 Å². The number of benzene rings is 1. The number of aryl methyl sites for hydroxylation is 4. The highest BCUT2D eigenvalue weighted by Crippen LogP contribution is 2.23. The molecule has 1 aromatic carbocycles. The second-order valence-electron chi connectivity index (χ2n) is 6.75. The summed E-state index contributed by atoms with van der Waals surface area (Å²) in [6.07, 6.45) is 0.442. The molecule has 0 atom stereocenters. The lowest BCUT2D eigenvalue weighted by atomic mass is 10.1. The summed E-state index contributed by atoms with van der Waals surface area (Å²) in [5, 5.41) is 7.14. The number of nitrogens with zero attached hydrogens (tertiary/aromatic N) is 3. The number of hydrogen-bond acceptors (Lipinski definition) is 3. The molecule has 1 N–H and O–H groups in total. The molecule has 0 bridgehead atoms. The van der Waals surface area contributed by atoms with Crippen molar-refractivity contribution in [2.75, 3.05) is 31.1 Å². The summed E-state index contributed by atoms with van der Waals surface area (Å²) in [4.78, 5) is 17.0. The van der Waals surface area contributed by atoms with E-state index in [2.05, 4.69) is 47.1 Å². The monoisotopic (exact) mass is 326 g/mol. The lowest BCUT2D eigenvalue weighted by Gasteiger charge is -2.37. The summed E-state index contributed by atoms with van der Waals surface area (Å²) < 4.78 is 0. The molecule has 128 valence electrons. The summed E-state index contributed by atoms with van der Waals surface area (Å²) in [7, 11) is 0. The molecule has 1 fully saturated rings. The van der Waals surface area contributed by atoms with Gasteiger partial charge >= 0.3 is 0 Å².